The van der Waals surface area contributed by atoms with E-state index in [1.54, 1.807) is 30.9 Å². The monoisotopic (exact) mass is 442 g/mol. The summed E-state index contributed by atoms with van der Waals surface area (Å²) in [7, 11) is 0. The normalized spacial score (nSPS) is 12.8. The van der Waals surface area contributed by atoms with E-state index in [1.807, 2.05) is 60.7 Å². The lowest BCUT2D eigenvalue weighted by molar-refractivity contribution is -0.146. The average molecular weight is 443 g/mol. The van der Waals surface area contributed by atoms with Gasteiger partial charge in [-0.3, -0.25) is 9.59 Å². The number of nitrogens with zero attached hydrogens (tertiary/aromatic N) is 1. The highest BCUT2D eigenvalue weighted by atomic mass is 16.4. The van der Waals surface area contributed by atoms with Crippen LogP contribution in [0.25, 0.3) is 11.1 Å². The third-order valence-electron chi connectivity index (χ3n) is 5.99. The van der Waals surface area contributed by atoms with Gasteiger partial charge in [0.1, 0.15) is 0 Å². The van der Waals surface area contributed by atoms with E-state index in [4.69, 9.17) is 0 Å². The molecule has 6 heteroatoms. The Morgan fingerprint density at radius 1 is 0.848 bits per heavy atom. The van der Waals surface area contributed by atoms with Gasteiger partial charge in [0, 0.05) is 30.8 Å². The summed E-state index contributed by atoms with van der Waals surface area (Å²) >= 11 is 0. The van der Waals surface area contributed by atoms with Crippen molar-refractivity contribution < 1.29 is 19.5 Å². The highest BCUT2D eigenvalue weighted by Crippen LogP contribution is 2.27. The third kappa shape index (κ3) is 4.95. The molecule has 2 amide bonds. The zero-order valence-corrected chi connectivity index (χ0v) is 18.7. The van der Waals surface area contributed by atoms with E-state index in [2.05, 4.69) is 5.32 Å². The van der Waals surface area contributed by atoms with Gasteiger partial charge in [-0.2, -0.15) is 0 Å². The fourth-order valence-corrected chi connectivity index (χ4v) is 3.85. The quantitative estimate of drug-likeness (QED) is 0.488. The SMILES string of the molecule is CC(C)(CC(=O)c1ccc(-c2ccc(NC(=O)N3Cc4ccccc4C3)cc2)cc1)C(=O)O. The molecule has 0 spiro atoms. The van der Waals surface area contributed by atoms with Crippen LogP contribution in [-0.2, 0) is 17.9 Å². The highest BCUT2D eigenvalue weighted by Gasteiger charge is 2.30. The van der Waals surface area contributed by atoms with Gasteiger partial charge in [-0.05, 0) is 48.2 Å². The second-order valence-electron chi connectivity index (χ2n) is 9.00. The van der Waals surface area contributed by atoms with Crippen LogP contribution < -0.4 is 5.32 Å². The third-order valence-corrected chi connectivity index (χ3v) is 5.99. The summed E-state index contributed by atoms with van der Waals surface area (Å²) in [4.78, 5) is 38.1. The van der Waals surface area contributed by atoms with Gasteiger partial charge >= 0.3 is 12.0 Å². The number of anilines is 1. The number of hydrogen-bond acceptors (Lipinski definition) is 3. The van der Waals surface area contributed by atoms with Crippen molar-refractivity contribution in [3.05, 3.63) is 89.5 Å². The van der Waals surface area contributed by atoms with Gasteiger partial charge in [0.25, 0.3) is 0 Å². The topological polar surface area (TPSA) is 86.7 Å². The molecule has 1 heterocycles. The van der Waals surface area contributed by atoms with Crippen molar-refractivity contribution in [2.45, 2.75) is 33.4 Å². The number of hydrogen-bond donors (Lipinski definition) is 2. The number of fused-ring (bicyclic) bond motifs is 1. The van der Waals surface area contributed by atoms with E-state index >= 15 is 0 Å². The largest absolute Gasteiger partial charge is 0.481 e. The molecule has 0 unspecified atom stereocenters. The molecule has 3 aromatic carbocycles. The first kappa shape index (κ1) is 22.3. The Labute approximate surface area is 192 Å². The lowest BCUT2D eigenvalue weighted by atomic mass is 9.85. The van der Waals surface area contributed by atoms with Gasteiger partial charge in [0.15, 0.2) is 5.78 Å². The van der Waals surface area contributed by atoms with Crippen LogP contribution in [0.5, 0.6) is 0 Å². The maximum Gasteiger partial charge on any atom is 0.322 e. The van der Waals surface area contributed by atoms with Crippen LogP contribution >= 0.6 is 0 Å². The first-order valence-electron chi connectivity index (χ1n) is 10.8. The standard InChI is InChI=1S/C27H26N2O4/c1-27(2,25(31)32)15-24(30)20-9-7-18(8-10-20)19-11-13-23(14-12-19)28-26(33)29-16-21-5-3-4-6-22(21)17-29/h3-14H,15-17H2,1-2H3,(H,28,33)(H,31,32). The molecule has 0 aromatic heterocycles. The van der Waals surface area contributed by atoms with Crippen LogP contribution in [0, 0.1) is 5.41 Å². The Balaban J connectivity index is 1.38. The van der Waals surface area contributed by atoms with Gasteiger partial charge in [-0.25, -0.2) is 4.79 Å². The summed E-state index contributed by atoms with van der Waals surface area (Å²) < 4.78 is 0. The summed E-state index contributed by atoms with van der Waals surface area (Å²) in [5, 5.41) is 12.2. The molecule has 0 radical (unpaired) electrons. The zero-order valence-electron chi connectivity index (χ0n) is 18.7. The number of Topliss-reactive ketones (excluding diaryl/α,β-unsaturated/α-hetero) is 1. The molecular weight excluding hydrogens is 416 g/mol. The lowest BCUT2D eigenvalue weighted by Gasteiger charge is -2.18. The fourth-order valence-electron chi connectivity index (χ4n) is 3.85. The van der Waals surface area contributed by atoms with E-state index in [0.29, 0.717) is 24.3 Å². The average Bonchev–Trinajstić information content (AvgIpc) is 3.24. The predicted octanol–water partition coefficient (Wildman–Crippen LogP) is 5.58. The molecule has 2 N–H and O–H groups in total. The Bertz CT molecular complexity index is 1170. The molecule has 0 saturated carbocycles. The van der Waals surface area contributed by atoms with Gasteiger partial charge in [-0.15, -0.1) is 0 Å². The fraction of sp³-hybridized carbons (Fsp3) is 0.222. The van der Waals surface area contributed by atoms with Crippen molar-refractivity contribution in [1.82, 2.24) is 4.90 Å². The van der Waals surface area contributed by atoms with E-state index < -0.39 is 11.4 Å². The van der Waals surface area contributed by atoms with E-state index in [-0.39, 0.29) is 18.2 Å². The van der Waals surface area contributed by atoms with Crippen molar-refractivity contribution in [1.29, 1.82) is 0 Å². The van der Waals surface area contributed by atoms with Gasteiger partial charge in [-0.1, -0.05) is 60.7 Å². The molecule has 1 aliphatic heterocycles. The zero-order chi connectivity index (χ0) is 23.6. The van der Waals surface area contributed by atoms with Crippen LogP contribution in [0.1, 0.15) is 41.8 Å². The van der Waals surface area contributed by atoms with Crippen molar-refractivity contribution in [3.63, 3.8) is 0 Å². The van der Waals surface area contributed by atoms with Crippen molar-refractivity contribution in [2.24, 2.45) is 5.41 Å². The molecule has 3 aromatic rings. The van der Waals surface area contributed by atoms with Crippen molar-refractivity contribution >= 4 is 23.5 Å². The van der Waals surface area contributed by atoms with E-state index in [9.17, 15) is 19.5 Å². The van der Waals surface area contributed by atoms with Crippen molar-refractivity contribution in [3.8, 4) is 11.1 Å². The minimum atomic E-state index is -1.10. The van der Waals surface area contributed by atoms with E-state index in [0.717, 1.165) is 11.1 Å². The predicted molar refractivity (Wildman–Crippen MR) is 127 cm³/mol. The number of rotatable bonds is 6. The van der Waals surface area contributed by atoms with Crippen LogP contribution in [-0.4, -0.2) is 27.8 Å². The number of benzene rings is 3. The molecule has 168 valence electrons. The lowest BCUT2D eigenvalue weighted by Crippen LogP contribution is -2.30. The maximum atomic E-state index is 12.6. The molecule has 4 rings (SSSR count). The molecule has 0 bridgehead atoms. The summed E-state index contributed by atoms with van der Waals surface area (Å²) in [6, 6.07) is 22.6. The first-order valence-corrected chi connectivity index (χ1v) is 10.8. The maximum absolute atomic E-state index is 12.6. The molecule has 33 heavy (non-hydrogen) atoms. The second kappa shape index (κ2) is 8.90. The Morgan fingerprint density at radius 2 is 1.36 bits per heavy atom. The summed E-state index contributed by atoms with van der Waals surface area (Å²) in [6.45, 7) is 4.30. The summed E-state index contributed by atoms with van der Waals surface area (Å²) in [6.07, 6.45) is -0.0574. The molecule has 6 nitrogen and oxygen atoms in total. The summed E-state index contributed by atoms with van der Waals surface area (Å²) in [5.74, 6) is -1.19. The smallest absolute Gasteiger partial charge is 0.322 e. The number of carbonyl (C=O) groups is 3. The van der Waals surface area contributed by atoms with Crippen LogP contribution in [0.4, 0.5) is 10.5 Å². The van der Waals surface area contributed by atoms with Crippen LogP contribution in [0.3, 0.4) is 0 Å². The molecule has 0 fully saturated rings. The number of carbonyl (C=O) groups excluding carboxylic acids is 2. The Hall–Kier alpha value is -3.93. The van der Waals surface area contributed by atoms with Crippen molar-refractivity contribution in [2.75, 3.05) is 5.32 Å². The molecular formula is C27H26N2O4. The highest BCUT2D eigenvalue weighted by molar-refractivity contribution is 5.99. The Morgan fingerprint density at radius 3 is 1.88 bits per heavy atom. The molecule has 1 aliphatic rings. The molecule has 0 aliphatic carbocycles. The first-order chi connectivity index (χ1) is 15.7. The van der Waals surface area contributed by atoms with Crippen LogP contribution in [0.2, 0.25) is 0 Å². The number of ketones is 1. The van der Waals surface area contributed by atoms with E-state index in [1.165, 1.54) is 11.1 Å². The number of urea groups is 1. The second-order valence-corrected chi connectivity index (χ2v) is 9.00. The summed E-state index contributed by atoms with van der Waals surface area (Å²) in [5.41, 5.74) is 4.33. The number of carboxylic acids is 1. The number of nitrogens with one attached hydrogen (secondary N) is 1. The van der Waals surface area contributed by atoms with Crippen LogP contribution in [0.15, 0.2) is 72.8 Å². The van der Waals surface area contributed by atoms with Gasteiger partial charge in [0.2, 0.25) is 0 Å². The number of carboxylic acid groups (broad SMARTS) is 1. The Kier molecular flexibility index (Phi) is 6.01. The molecule has 0 saturated heterocycles. The number of amides is 2. The molecule has 0 atom stereocenters. The van der Waals surface area contributed by atoms with Gasteiger partial charge < -0.3 is 15.3 Å². The number of aliphatic carboxylic acids is 1. The minimum Gasteiger partial charge on any atom is -0.481 e. The van der Waals surface area contributed by atoms with Gasteiger partial charge in [0.05, 0.1) is 5.41 Å². The minimum absolute atomic E-state index is 0.0574.